The molecule has 0 bridgehead atoms. The lowest BCUT2D eigenvalue weighted by molar-refractivity contribution is 0.407. The van der Waals surface area contributed by atoms with Crippen molar-refractivity contribution in [3.05, 3.63) is 124 Å². The average molecular weight is 735 g/mol. The van der Waals surface area contributed by atoms with Gasteiger partial charge in [0.2, 0.25) is 0 Å². The summed E-state index contributed by atoms with van der Waals surface area (Å²) in [5.74, 6) is 0. The van der Waals surface area contributed by atoms with E-state index in [1.54, 1.807) is 33.4 Å². The third-order valence-corrected chi connectivity index (χ3v) is 11.1. The molecule has 0 unspecified atom stereocenters. The Hall–Kier alpha value is -1.66. The third-order valence-electron chi connectivity index (χ3n) is 9.79. The average Bonchev–Trinajstić information content (AvgIpc) is 3.15. The number of hydrogen-bond acceptors (Lipinski definition) is 0. The second-order valence-corrected chi connectivity index (χ2v) is 14.6. The maximum atomic E-state index is 2.52. The molecule has 0 radical (unpaired) electrons. The van der Waals surface area contributed by atoms with Crippen LogP contribution in [0.2, 0.25) is 0 Å². The summed E-state index contributed by atoms with van der Waals surface area (Å²) >= 11 is 5.04. The maximum Gasteiger partial charge on any atom is 0.0216 e. The van der Waals surface area contributed by atoms with Gasteiger partial charge in [0.1, 0.15) is 0 Å². The molecule has 0 fully saturated rings. The monoisotopic (exact) mass is 734 g/mol. The number of fused-ring (bicyclic) bond motifs is 5. The Balaban J connectivity index is 1.12. The highest BCUT2D eigenvalue weighted by molar-refractivity contribution is 14.1. The van der Waals surface area contributed by atoms with Crippen LogP contribution in [0.15, 0.2) is 72.8 Å². The SMILES string of the molecule is Ic1ccc2c(c1)C(CCCCc1ccc3c(c1)CC3)(CCCCc1ccc3c(c1)CC3)c1cc(I)ccc1-2. The number of benzene rings is 4. The molecule has 0 saturated carbocycles. The van der Waals surface area contributed by atoms with E-state index in [-0.39, 0.29) is 5.41 Å². The van der Waals surface area contributed by atoms with Crippen LogP contribution in [-0.4, -0.2) is 0 Å². The van der Waals surface area contributed by atoms with E-state index in [0.29, 0.717) is 0 Å². The van der Waals surface area contributed by atoms with E-state index in [9.17, 15) is 0 Å². The first kappa shape index (κ1) is 26.3. The van der Waals surface area contributed by atoms with E-state index in [0.717, 1.165) is 0 Å². The molecule has 4 aromatic carbocycles. The Kier molecular flexibility index (Phi) is 7.38. The highest BCUT2D eigenvalue weighted by atomic mass is 127. The molecule has 0 aliphatic heterocycles. The van der Waals surface area contributed by atoms with Gasteiger partial charge in [-0.15, -0.1) is 0 Å². The van der Waals surface area contributed by atoms with Gasteiger partial charge in [-0.1, -0.05) is 61.4 Å². The molecule has 4 aromatic rings. The molecular formula is C37H36I2. The van der Waals surface area contributed by atoms with Crippen LogP contribution in [0.4, 0.5) is 0 Å². The first-order chi connectivity index (χ1) is 19.1. The minimum atomic E-state index is 0.133. The molecule has 0 saturated heterocycles. The van der Waals surface area contributed by atoms with Crippen molar-refractivity contribution in [2.75, 3.05) is 0 Å². The number of hydrogen-bond donors (Lipinski definition) is 0. The molecule has 0 atom stereocenters. The fourth-order valence-electron chi connectivity index (χ4n) is 7.42. The molecule has 3 aliphatic carbocycles. The number of rotatable bonds is 10. The molecule has 198 valence electrons. The van der Waals surface area contributed by atoms with E-state index in [1.807, 2.05) is 0 Å². The van der Waals surface area contributed by atoms with Gasteiger partial charge in [-0.3, -0.25) is 0 Å². The van der Waals surface area contributed by atoms with Gasteiger partial charge >= 0.3 is 0 Å². The Bertz CT molecular complexity index is 1430. The molecule has 0 amide bonds. The summed E-state index contributed by atoms with van der Waals surface area (Å²) in [6.07, 6.45) is 15.1. The van der Waals surface area contributed by atoms with Gasteiger partial charge in [0.05, 0.1) is 0 Å². The summed E-state index contributed by atoms with van der Waals surface area (Å²) < 4.78 is 2.73. The first-order valence-electron chi connectivity index (χ1n) is 14.9. The van der Waals surface area contributed by atoms with Gasteiger partial charge in [-0.2, -0.15) is 0 Å². The zero-order valence-electron chi connectivity index (χ0n) is 22.7. The summed E-state index contributed by atoms with van der Waals surface area (Å²) in [5, 5.41) is 0. The fourth-order valence-corrected chi connectivity index (χ4v) is 8.41. The third kappa shape index (κ3) is 5.03. The van der Waals surface area contributed by atoms with Crippen molar-refractivity contribution in [1.29, 1.82) is 0 Å². The zero-order chi connectivity index (χ0) is 26.4. The lowest BCUT2D eigenvalue weighted by Crippen LogP contribution is -2.26. The van der Waals surface area contributed by atoms with E-state index in [1.165, 1.54) is 106 Å². The quantitative estimate of drug-likeness (QED) is 0.112. The molecule has 7 rings (SSSR count). The van der Waals surface area contributed by atoms with Crippen LogP contribution in [0, 0.1) is 7.14 Å². The molecule has 3 aliphatic rings. The minimum Gasteiger partial charge on any atom is -0.0588 e. The second kappa shape index (κ2) is 11.0. The Morgan fingerprint density at radius 3 is 1.36 bits per heavy atom. The van der Waals surface area contributed by atoms with Crippen molar-refractivity contribution < 1.29 is 0 Å². The molecular weight excluding hydrogens is 698 g/mol. The van der Waals surface area contributed by atoms with Gasteiger partial charge in [0, 0.05) is 12.6 Å². The van der Waals surface area contributed by atoms with Gasteiger partial charge in [0.25, 0.3) is 0 Å². The van der Waals surface area contributed by atoms with E-state index in [4.69, 9.17) is 0 Å². The van der Waals surface area contributed by atoms with Crippen molar-refractivity contribution >= 4 is 45.2 Å². The van der Waals surface area contributed by atoms with Crippen LogP contribution in [0.5, 0.6) is 0 Å². The van der Waals surface area contributed by atoms with Gasteiger partial charge < -0.3 is 0 Å². The number of aryl methyl sites for hydroxylation is 6. The fraction of sp³-hybridized carbons (Fsp3) is 0.351. The summed E-state index contributed by atoms with van der Waals surface area (Å²) in [7, 11) is 0. The van der Waals surface area contributed by atoms with Gasteiger partial charge in [-0.25, -0.2) is 0 Å². The lowest BCUT2D eigenvalue weighted by Gasteiger charge is -2.33. The lowest BCUT2D eigenvalue weighted by atomic mass is 9.70. The predicted octanol–water partition coefficient (Wildman–Crippen LogP) is 10.2. The van der Waals surface area contributed by atoms with Crippen molar-refractivity contribution in [3.63, 3.8) is 0 Å². The molecule has 0 spiro atoms. The molecule has 39 heavy (non-hydrogen) atoms. The van der Waals surface area contributed by atoms with Crippen LogP contribution in [0.3, 0.4) is 0 Å². The second-order valence-electron chi connectivity index (χ2n) is 12.1. The van der Waals surface area contributed by atoms with Crippen molar-refractivity contribution in [3.8, 4) is 11.1 Å². The summed E-state index contributed by atoms with van der Waals surface area (Å²) in [6.45, 7) is 0. The summed E-state index contributed by atoms with van der Waals surface area (Å²) in [4.78, 5) is 0. The van der Waals surface area contributed by atoms with Crippen LogP contribution < -0.4 is 0 Å². The van der Waals surface area contributed by atoms with E-state index < -0.39 is 0 Å². The maximum absolute atomic E-state index is 2.52. The Morgan fingerprint density at radius 1 is 0.487 bits per heavy atom. The summed E-state index contributed by atoms with van der Waals surface area (Å²) in [5.41, 5.74) is 15.7. The van der Waals surface area contributed by atoms with Crippen molar-refractivity contribution in [2.45, 2.75) is 82.5 Å². The van der Waals surface area contributed by atoms with Crippen LogP contribution in [0.25, 0.3) is 11.1 Å². The zero-order valence-corrected chi connectivity index (χ0v) is 27.0. The normalized spacial score (nSPS) is 15.5. The topological polar surface area (TPSA) is 0 Å². The smallest absolute Gasteiger partial charge is 0.0216 e. The van der Waals surface area contributed by atoms with Crippen LogP contribution >= 0.6 is 45.2 Å². The predicted molar refractivity (Wildman–Crippen MR) is 181 cm³/mol. The largest absolute Gasteiger partial charge is 0.0588 e. The molecule has 0 N–H and O–H groups in total. The van der Waals surface area contributed by atoms with Gasteiger partial charge in [0.15, 0.2) is 0 Å². The van der Waals surface area contributed by atoms with Crippen LogP contribution in [-0.2, 0) is 43.9 Å². The first-order valence-corrected chi connectivity index (χ1v) is 17.1. The molecule has 0 nitrogen and oxygen atoms in total. The molecule has 0 aromatic heterocycles. The highest BCUT2D eigenvalue weighted by Gasteiger charge is 2.42. The summed E-state index contributed by atoms with van der Waals surface area (Å²) in [6, 6.07) is 28.9. The van der Waals surface area contributed by atoms with Crippen LogP contribution in [0.1, 0.15) is 83.0 Å². The van der Waals surface area contributed by atoms with Crippen molar-refractivity contribution in [2.24, 2.45) is 0 Å². The highest BCUT2D eigenvalue weighted by Crippen LogP contribution is 2.54. The molecule has 2 heteroatoms. The van der Waals surface area contributed by atoms with E-state index >= 15 is 0 Å². The molecule has 0 heterocycles. The Labute approximate surface area is 261 Å². The van der Waals surface area contributed by atoms with E-state index in [2.05, 4.69) is 118 Å². The van der Waals surface area contributed by atoms with Gasteiger partial charge in [-0.05, 0) is 189 Å². The number of unbranched alkanes of at least 4 members (excludes halogenated alkanes) is 2. The number of halogens is 2. The standard InChI is InChI=1S/C37H36I2/c38-31-15-17-33-34-18-16-32(39)24-36(34)37(35(33)23-31,19-3-1-5-25-7-9-27-11-13-29(27)21-25)20-4-2-6-26-8-10-28-12-14-30(28)22-26/h7-10,15-18,21-24H,1-6,11-14,19-20H2. The minimum absolute atomic E-state index is 0.133. The van der Waals surface area contributed by atoms with Crippen molar-refractivity contribution in [1.82, 2.24) is 0 Å². The Morgan fingerprint density at radius 2 is 0.949 bits per heavy atom.